The highest BCUT2D eigenvalue weighted by Gasteiger charge is 2.12. The summed E-state index contributed by atoms with van der Waals surface area (Å²) in [6.45, 7) is 3.40. The molecule has 0 saturated heterocycles. The number of hydrogen-bond acceptors (Lipinski definition) is 3. The fraction of sp³-hybridized carbons (Fsp3) is 0.333. The van der Waals surface area contributed by atoms with Crippen LogP contribution in [0.5, 0.6) is 0 Å². The molecule has 0 aliphatic carbocycles. The van der Waals surface area contributed by atoms with Gasteiger partial charge in [-0.2, -0.15) is 0 Å². The van der Waals surface area contributed by atoms with E-state index in [9.17, 15) is 9.59 Å². The van der Waals surface area contributed by atoms with Gasteiger partial charge in [-0.15, -0.1) is 0 Å². The summed E-state index contributed by atoms with van der Waals surface area (Å²) in [7, 11) is 0. The zero-order valence-electron chi connectivity index (χ0n) is 10.3. The first-order chi connectivity index (χ1) is 8.43. The third-order valence-electron chi connectivity index (χ3n) is 2.35. The van der Waals surface area contributed by atoms with Crippen LogP contribution in [0.15, 0.2) is 18.2 Å². The van der Waals surface area contributed by atoms with Gasteiger partial charge in [-0.3, -0.25) is 9.59 Å². The quantitative estimate of drug-likeness (QED) is 0.780. The second kappa shape index (κ2) is 6.37. The van der Waals surface area contributed by atoms with Crippen LogP contribution in [-0.2, 0) is 9.59 Å². The molecular formula is C12H16ClN3O2. The molecule has 0 heterocycles. The van der Waals surface area contributed by atoms with Gasteiger partial charge in [-0.1, -0.05) is 18.5 Å². The van der Waals surface area contributed by atoms with Crippen LogP contribution in [0.4, 0.5) is 11.4 Å². The fourth-order valence-electron chi connectivity index (χ4n) is 1.26. The molecule has 4 N–H and O–H groups in total. The lowest BCUT2D eigenvalue weighted by molar-refractivity contribution is -0.119. The molecule has 0 aromatic heterocycles. The summed E-state index contributed by atoms with van der Waals surface area (Å²) in [4.78, 5) is 22.6. The highest BCUT2D eigenvalue weighted by Crippen LogP contribution is 2.25. The molecule has 0 spiro atoms. The van der Waals surface area contributed by atoms with Crippen molar-refractivity contribution < 1.29 is 9.59 Å². The maximum Gasteiger partial charge on any atom is 0.228 e. The molecular weight excluding hydrogens is 254 g/mol. The van der Waals surface area contributed by atoms with Crippen LogP contribution in [0.1, 0.15) is 13.8 Å². The molecule has 1 aromatic carbocycles. The molecule has 1 rings (SSSR count). The van der Waals surface area contributed by atoms with Gasteiger partial charge < -0.3 is 16.4 Å². The lowest BCUT2D eigenvalue weighted by Crippen LogP contribution is -2.26. The van der Waals surface area contributed by atoms with E-state index in [2.05, 4.69) is 10.6 Å². The summed E-state index contributed by atoms with van der Waals surface area (Å²) in [5.74, 6) is -0.672. The van der Waals surface area contributed by atoms with Crippen LogP contribution in [0.25, 0.3) is 0 Å². The van der Waals surface area contributed by atoms with Gasteiger partial charge in [0.1, 0.15) is 0 Å². The Morgan fingerprint density at radius 3 is 2.61 bits per heavy atom. The van der Waals surface area contributed by atoms with E-state index in [0.29, 0.717) is 16.4 Å². The van der Waals surface area contributed by atoms with Crippen molar-refractivity contribution in [2.45, 2.75) is 13.8 Å². The highest BCUT2D eigenvalue weighted by atomic mass is 35.5. The molecule has 0 aliphatic heterocycles. The monoisotopic (exact) mass is 269 g/mol. The average molecular weight is 270 g/mol. The van der Waals surface area contributed by atoms with E-state index in [4.69, 9.17) is 17.3 Å². The molecule has 6 heteroatoms. The van der Waals surface area contributed by atoms with Crippen molar-refractivity contribution in [1.82, 2.24) is 0 Å². The smallest absolute Gasteiger partial charge is 0.228 e. The minimum Gasteiger partial charge on any atom is -0.330 e. The van der Waals surface area contributed by atoms with E-state index in [0.717, 1.165) is 0 Å². The first-order valence-electron chi connectivity index (χ1n) is 5.52. The second-order valence-corrected chi connectivity index (χ2v) is 4.41. The summed E-state index contributed by atoms with van der Waals surface area (Å²) in [5.41, 5.74) is 6.43. The third-order valence-corrected chi connectivity index (χ3v) is 2.68. The number of halogens is 1. The predicted octanol–water partition coefficient (Wildman–Crippen LogP) is 1.83. The zero-order valence-corrected chi connectivity index (χ0v) is 11.0. The number of nitrogens with two attached hydrogens (primary N) is 1. The Labute approximate surface area is 111 Å². The number of hydrogen-bond donors (Lipinski definition) is 3. The van der Waals surface area contributed by atoms with Crippen LogP contribution in [0.2, 0.25) is 5.02 Å². The molecule has 98 valence electrons. The Balaban J connectivity index is 2.85. The Bertz CT molecular complexity index is 463. The van der Waals surface area contributed by atoms with E-state index < -0.39 is 0 Å². The summed E-state index contributed by atoms with van der Waals surface area (Å²) >= 11 is 5.92. The van der Waals surface area contributed by atoms with Crippen molar-refractivity contribution in [2.24, 2.45) is 11.7 Å². The van der Waals surface area contributed by atoms with Gasteiger partial charge in [0, 0.05) is 25.1 Å². The normalized spacial score (nSPS) is 11.8. The Morgan fingerprint density at radius 2 is 2.06 bits per heavy atom. The van der Waals surface area contributed by atoms with Crippen molar-refractivity contribution in [2.75, 3.05) is 17.2 Å². The minimum absolute atomic E-state index is 0.173. The van der Waals surface area contributed by atoms with Crippen molar-refractivity contribution >= 4 is 34.8 Å². The third kappa shape index (κ3) is 4.01. The molecule has 1 atom stereocenters. The number of carbonyl (C=O) groups is 2. The number of amides is 2. The molecule has 5 nitrogen and oxygen atoms in total. The lowest BCUT2D eigenvalue weighted by atomic mass is 10.1. The molecule has 2 amide bonds. The lowest BCUT2D eigenvalue weighted by Gasteiger charge is -2.12. The van der Waals surface area contributed by atoms with Crippen LogP contribution in [0.3, 0.4) is 0 Å². The molecule has 0 radical (unpaired) electrons. The molecule has 18 heavy (non-hydrogen) atoms. The zero-order chi connectivity index (χ0) is 13.7. The number of benzene rings is 1. The summed E-state index contributed by atoms with van der Waals surface area (Å²) in [5, 5.41) is 5.70. The minimum atomic E-state index is -0.273. The van der Waals surface area contributed by atoms with Gasteiger partial charge >= 0.3 is 0 Å². The van der Waals surface area contributed by atoms with Crippen molar-refractivity contribution in [3.8, 4) is 0 Å². The Morgan fingerprint density at radius 1 is 1.39 bits per heavy atom. The van der Waals surface area contributed by atoms with E-state index in [1.54, 1.807) is 25.1 Å². The Kier molecular flexibility index (Phi) is 5.12. The van der Waals surface area contributed by atoms with Gasteiger partial charge in [0.2, 0.25) is 11.8 Å². The van der Waals surface area contributed by atoms with Crippen molar-refractivity contribution in [1.29, 1.82) is 0 Å². The van der Waals surface area contributed by atoms with Crippen LogP contribution in [0, 0.1) is 5.92 Å². The summed E-state index contributed by atoms with van der Waals surface area (Å²) < 4.78 is 0. The number of anilines is 2. The molecule has 0 saturated carbocycles. The maximum absolute atomic E-state index is 11.7. The SMILES string of the molecule is CC(=O)Nc1cc(NC(=O)C(C)CN)ccc1Cl. The molecule has 1 aromatic rings. The highest BCUT2D eigenvalue weighted by molar-refractivity contribution is 6.33. The molecule has 0 bridgehead atoms. The number of rotatable bonds is 4. The first-order valence-corrected chi connectivity index (χ1v) is 5.90. The van der Waals surface area contributed by atoms with Crippen LogP contribution < -0.4 is 16.4 Å². The molecule has 1 unspecified atom stereocenters. The maximum atomic E-state index is 11.7. The van der Waals surface area contributed by atoms with E-state index in [-0.39, 0.29) is 24.3 Å². The summed E-state index contributed by atoms with van der Waals surface area (Å²) in [6.07, 6.45) is 0. The van der Waals surface area contributed by atoms with Gasteiger partial charge in [0.05, 0.1) is 10.7 Å². The van der Waals surface area contributed by atoms with Crippen molar-refractivity contribution in [3.05, 3.63) is 23.2 Å². The van der Waals surface area contributed by atoms with Gasteiger partial charge in [-0.05, 0) is 18.2 Å². The van der Waals surface area contributed by atoms with Crippen LogP contribution >= 0.6 is 11.6 Å². The van der Waals surface area contributed by atoms with Crippen molar-refractivity contribution in [3.63, 3.8) is 0 Å². The van der Waals surface area contributed by atoms with E-state index >= 15 is 0 Å². The molecule has 0 aliphatic rings. The number of nitrogens with one attached hydrogen (secondary N) is 2. The molecule has 0 fully saturated rings. The van der Waals surface area contributed by atoms with Gasteiger partial charge in [0.15, 0.2) is 0 Å². The fourth-order valence-corrected chi connectivity index (χ4v) is 1.43. The van der Waals surface area contributed by atoms with Crippen LogP contribution in [-0.4, -0.2) is 18.4 Å². The first kappa shape index (κ1) is 14.5. The van der Waals surface area contributed by atoms with Gasteiger partial charge in [0.25, 0.3) is 0 Å². The van der Waals surface area contributed by atoms with E-state index in [1.807, 2.05) is 0 Å². The number of carbonyl (C=O) groups excluding carboxylic acids is 2. The van der Waals surface area contributed by atoms with Gasteiger partial charge in [-0.25, -0.2) is 0 Å². The second-order valence-electron chi connectivity index (χ2n) is 4.00. The van der Waals surface area contributed by atoms with E-state index in [1.165, 1.54) is 6.92 Å². The topological polar surface area (TPSA) is 84.2 Å². The summed E-state index contributed by atoms with van der Waals surface area (Å²) in [6, 6.07) is 4.87. The standard InChI is InChI=1S/C12H16ClN3O2/c1-7(6-14)12(18)16-9-3-4-10(13)11(5-9)15-8(2)17/h3-5,7H,6,14H2,1-2H3,(H,15,17)(H,16,18). The largest absolute Gasteiger partial charge is 0.330 e. The predicted molar refractivity (Wildman–Crippen MR) is 72.6 cm³/mol. The Hall–Kier alpha value is -1.59. The average Bonchev–Trinajstić information content (AvgIpc) is 2.31.